The number of aliphatic hydroxyl groups is 1. The first-order valence-electron chi connectivity index (χ1n) is 6.42. The summed E-state index contributed by atoms with van der Waals surface area (Å²) in [7, 11) is 2.11. The monoisotopic (exact) mass is 252 g/mol. The molecule has 1 aliphatic rings. The van der Waals surface area contributed by atoms with E-state index in [2.05, 4.69) is 23.8 Å². The highest BCUT2D eigenvalue weighted by molar-refractivity contribution is 5.19. The van der Waals surface area contributed by atoms with Gasteiger partial charge in [0.05, 0.1) is 6.10 Å². The molecule has 18 heavy (non-hydrogen) atoms. The van der Waals surface area contributed by atoms with Crippen LogP contribution in [-0.4, -0.2) is 54.2 Å². The number of rotatable bonds is 3. The van der Waals surface area contributed by atoms with Crippen molar-refractivity contribution in [3.05, 3.63) is 35.6 Å². The minimum absolute atomic E-state index is 0.294. The Morgan fingerprint density at radius 2 is 2.22 bits per heavy atom. The van der Waals surface area contributed by atoms with Crippen molar-refractivity contribution >= 4 is 0 Å². The van der Waals surface area contributed by atoms with Crippen LogP contribution in [0.3, 0.4) is 0 Å². The predicted molar refractivity (Wildman–Crippen MR) is 69.9 cm³/mol. The molecule has 0 amide bonds. The fraction of sp³-hybridized carbons (Fsp3) is 0.571. The van der Waals surface area contributed by atoms with Crippen LogP contribution in [0.5, 0.6) is 0 Å². The van der Waals surface area contributed by atoms with Crippen molar-refractivity contribution < 1.29 is 9.50 Å². The second-order valence-corrected chi connectivity index (χ2v) is 5.18. The number of hydrogen-bond donors (Lipinski definition) is 1. The number of aliphatic hydroxyl groups excluding tert-OH is 1. The largest absolute Gasteiger partial charge is 0.387 e. The molecule has 1 saturated heterocycles. The first-order chi connectivity index (χ1) is 8.56. The van der Waals surface area contributed by atoms with Crippen LogP contribution >= 0.6 is 0 Å². The van der Waals surface area contributed by atoms with Crippen LogP contribution in [0, 0.1) is 5.82 Å². The number of β-amino-alcohol motifs (C(OH)–C–C–N with tert-alkyl or cyclic N) is 1. The molecule has 1 fully saturated rings. The van der Waals surface area contributed by atoms with Crippen molar-refractivity contribution in [3.63, 3.8) is 0 Å². The topological polar surface area (TPSA) is 26.7 Å². The van der Waals surface area contributed by atoms with Crippen molar-refractivity contribution in [2.75, 3.05) is 33.2 Å². The number of hydrogen-bond acceptors (Lipinski definition) is 3. The fourth-order valence-corrected chi connectivity index (χ4v) is 2.49. The normalized spacial score (nSPS) is 24.1. The van der Waals surface area contributed by atoms with Crippen molar-refractivity contribution in [3.8, 4) is 0 Å². The second-order valence-electron chi connectivity index (χ2n) is 5.18. The van der Waals surface area contributed by atoms with E-state index in [1.165, 1.54) is 12.1 Å². The molecule has 3 nitrogen and oxygen atoms in total. The Morgan fingerprint density at radius 1 is 1.44 bits per heavy atom. The van der Waals surface area contributed by atoms with Gasteiger partial charge in [-0.2, -0.15) is 0 Å². The van der Waals surface area contributed by atoms with Crippen molar-refractivity contribution in [2.45, 2.75) is 19.1 Å². The van der Waals surface area contributed by atoms with E-state index in [1.54, 1.807) is 12.1 Å². The zero-order chi connectivity index (χ0) is 13.1. The van der Waals surface area contributed by atoms with E-state index in [4.69, 9.17) is 0 Å². The average molecular weight is 252 g/mol. The highest BCUT2D eigenvalue weighted by Gasteiger charge is 2.23. The SMILES string of the molecule is C[C@@H]1CN(C)CCN1C[C@H](O)c1cccc(F)c1. The van der Waals surface area contributed by atoms with Gasteiger partial charge >= 0.3 is 0 Å². The maximum Gasteiger partial charge on any atom is 0.123 e. The number of nitrogens with zero attached hydrogens (tertiary/aromatic N) is 2. The van der Waals surface area contributed by atoms with E-state index >= 15 is 0 Å². The van der Waals surface area contributed by atoms with Crippen LogP contribution in [0.2, 0.25) is 0 Å². The van der Waals surface area contributed by atoms with Crippen LogP contribution in [0.1, 0.15) is 18.6 Å². The van der Waals surface area contributed by atoms with E-state index in [-0.39, 0.29) is 5.82 Å². The summed E-state index contributed by atoms with van der Waals surface area (Å²) in [5.41, 5.74) is 0.654. The Labute approximate surface area is 108 Å². The molecule has 2 atom stereocenters. The molecule has 0 radical (unpaired) electrons. The summed E-state index contributed by atoms with van der Waals surface area (Å²) < 4.78 is 13.1. The van der Waals surface area contributed by atoms with Crippen LogP contribution in [0.15, 0.2) is 24.3 Å². The minimum atomic E-state index is -0.619. The van der Waals surface area contributed by atoms with E-state index in [0.717, 1.165) is 19.6 Å². The van der Waals surface area contributed by atoms with Gasteiger partial charge in [-0.1, -0.05) is 12.1 Å². The third-order valence-corrected chi connectivity index (χ3v) is 3.61. The minimum Gasteiger partial charge on any atom is -0.387 e. The van der Waals surface area contributed by atoms with Gasteiger partial charge in [-0.25, -0.2) is 4.39 Å². The van der Waals surface area contributed by atoms with E-state index in [0.29, 0.717) is 18.2 Å². The lowest BCUT2D eigenvalue weighted by Crippen LogP contribution is -2.51. The van der Waals surface area contributed by atoms with Crippen LogP contribution < -0.4 is 0 Å². The molecule has 2 rings (SSSR count). The molecule has 0 saturated carbocycles. The second kappa shape index (κ2) is 5.78. The quantitative estimate of drug-likeness (QED) is 0.883. The molecule has 0 spiro atoms. The molecule has 1 aromatic carbocycles. The smallest absolute Gasteiger partial charge is 0.123 e. The Hall–Kier alpha value is -0.970. The number of halogens is 1. The van der Waals surface area contributed by atoms with E-state index < -0.39 is 6.10 Å². The molecular formula is C14H21FN2O. The summed E-state index contributed by atoms with van der Waals surface area (Å²) in [5.74, 6) is -0.294. The summed E-state index contributed by atoms with van der Waals surface area (Å²) in [4.78, 5) is 4.55. The number of benzene rings is 1. The Bertz CT molecular complexity index is 399. The van der Waals surface area contributed by atoms with Crippen LogP contribution in [0.25, 0.3) is 0 Å². The third-order valence-electron chi connectivity index (χ3n) is 3.61. The third kappa shape index (κ3) is 3.28. The molecule has 1 aliphatic heterocycles. The van der Waals surface area contributed by atoms with Gasteiger partial charge in [0.2, 0.25) is 0 Å². The molecule has 0 bridgehead atoms. The van der Waals surface area contributed by atoms with Crippen molar-refractivity contribution in [2.24, 2.45) is 0 Å². The van der Waals surface area contributed by atoms with Crippen LogP contribution in [-0.2, 0) is 0 Å². The molecule has 1 aromatic rings. The summed E-state index contributed by atoms with van der Waals surface area (Å²) in [6.45, 7) is 5.70. The predicted octanol–water partition coefficient (Wildman–Crippen LogP) is 1.49. The lowest BCUT2D eigenvalue weighted by atomic mass is 10.1. The van der Waals surface area contributed by atoms with Gasteiger partial charge in [-0.15, -0.1) is 0 Å². The van der Waals surface area contributed by atoms with Gasteiger partial charge in [0.1, 0.15) is 5.82 Å². The maximum absolute atomic E-state index is 13.1. The zero-order valence-electron chi connectivity index (χ0n) is 11.0. The lowest BCUT2D eigenvalue weighted by Gasteiger charge is -2.39. The van der Waals surface area contributed by atoms with Crippen molar-refractivity contribution in [1.82, 2.24) is 9.80 Å². The Kier molecular flexibility index (Phi) is 4.32. The Morgan fingerprint density at radius 3 is 2.89 bits per heavy atom. The van der Waals surface area contributed by atoms with E-state index in [9.17, 15) is 9.50 Å². The first kappa shape index (κ1) is 13.5. The van der Waals surface area contributed by atoms with Gasteiger partial charge in [-0.3, -0.25) is 4.90 Å². The fourth-order valence-electron chi connectivity index (χ4n) is 2.49. The summed E-state index contributed by atoms with van der Waals surface area (Å²) in [5, 5.41) is 10.2. The average Bonchev–Trinajstić information content (AvgIpc) is 2.32. The molecule has 4 heteroatoms. The summed E-state index contributed by atoms with van der Waals surface area (Å²) in [6, 6.07) is 6.64. The molecule has 100 valence electrons. The van der Waals surface area contributed by atoms with Gasteiger partial charge in [0.15, 0.2) is 0 Å². The number of piperazine rings is 1. The van der Waals surface area contributed by atoms with Crippen LogP contribution in [0.4, 0.5) is 4.39 Å². The summed E-state index contributed by atoms with van der Waals surface area (Å²) >= 11 is 0. The number of likely N-dealkylation sites (N-methyl/N-ethyl adjacent to an activating group) is 1. The molecular weight excluding hydrogens is 231 g/mol. The summed E-state index contributed by atoms with van der Waals surface area (Å²) in [6.07, 6.45) is -0.619. The van der Waals surface area contributed by atoms with Gasteiger partial charge < -0.3 is 10.0 Å². The van der Waals surface area contributed by atoms with Gasteiger partial charge in [-0.05, 0) is 31.7 Å². The molecule has 0 unspecified atom stereocenters. The van der Waals surface area contributed by atoms with Gasteiger partial charge in [0, 0.05) is 32.2 Å². The molecule has 0 aromatic heterocycles. The Balaban J connectivity index is 1.97. The van der Waals surface area contributed by atoms with Gasteiger partial charge in [0.25, 0.3) is 0 Å². The highest BCUT2D eigenvalue weighted by Crippen LogP contribution is 2.18. The van der Waals surface area contributed by atoms with E-state index in [1.807, 2.05) is 0 Å². The first-order valence-corrected chi connectivity index (χ1v) is 6.42. The molecule has 1 N–H and O–H groups in total. The molecule has 1 heterocycles. The highest BCUT2D eigenvalue weighted by atomic mass is 19.1. The lowest BCUT2D eigenvalue weighted by molar-refractivity contribution is 0.0473. The van der Waals surface area contributed by atoms with Crippen molar-refractivity contribution in [1.29, 1.82) is 0 Å². The standard InChI is InChI=1S/C14H21FN2O/c1-11-9-16(2)6-7-17(11)10-14(18)12-4-3-5-13(15)8-12/h3-5,8,11,14,18H,6-7,9-10H2,1-2H3/t11-,14+/m1/s1. The maximum atomic E-state index is 13.1. The zero-order valence-corrected chi connectivity index (χ0v) is 11.0. The molecule has 0 aliphatic carbocycles.